The molecule has 2 heterocycles. The van der Waals surface area contributed by atoms with Crippen LogP contribution in [0.25, 0.3) is 0 Å². The van der Waals surface area contributed by atoms with Crippen molar-refractivity contribution in [2.45, 2.75) is 54.2 Å². The molecule has 1 aliphatic rings. The number of rotatable bonds is 5. The highest BCUT2D eigenvalue weighted by molar-refractivity contribution is 8.01. The van der Waals surface area contributed by atoms with Gasteiger partial charge in [-0.25, -0.2) is 0 Å². The van der Waals surface area contributed by atoms with Gasteiger partial charge >= 0.3 is 0 Å². The maximum Gasteiger partial charge on any atom is 0.164 e. The first-order valence-corrected chi connectivity index (χ1v) is 9.54. The SMILES string of the molecule is CC(N=O)c1ccc(Sc2cc(C3(C)COC(C)(C)O3)cs2)cc1. The average molecular weight is 364 g/mol. The van der Waals surface area contributed by atoms with Gasteiger partial charge in [0.25, 0.3) is 0 Å². The van der Waals surface area contributed by atoms with Crippen molar-refractivity contribution < 1.29 is 9.47 Å². The van der Waals surface area contributed by atoms with E-state index in [-0.39, 0.29) is 6.04 Å². The second-order valence-corrected chi connectivity index (χ2v) is 8.91. The Morgan fingerprint density at radius 1 is 1.25 bits per heavy atom. The third-order valence-electron chi connectivity index (χ3n) is 4.09. The van der Waals surface area contributed by atoms with Crippen LogP contribution < -0.4 is 0 Å². The molecule has 2 atom stereocenters. The van der Waals surface area contributed by atoms with E-state index in [9.17, 15) is 4.91 Å². The third kappa shape index (κ3) is 3.72. The lowest BCUT2D eigenvalue weighted by Crippen LogP contribution is -2.27. The molecule has 128 valence electrons. The van der Waals surface area contributed by atoms with Gasteiger partial charge in [-0.3, -0.25) is 0 Å². The third-order valence-corrected chi connectivity index (χ3v) is 6.18. The summed E-state index contributed by atoms with van der Waals surface area (Å²) in [7, 11) is 0. The Hall–Kier alpha value is -1.21. The highest BCUT2D eigenvalue weighted by Crippen LogP contribution is 2.42. The zero-order valence-electron chi connectivity index (χ0n) is 14.2. The maximum absolute atomic E-state index is 10.6. The largest absolute Gasteiger partial charge is 0.347 e. The van der Waals surface area contributed by atoms with Crippen molar-refractivity contribution in [1.82, 2.24) is 0 Å². The van der Waals surface area contributed by atoms with Crippen LogP contribution >= 0.6 is 23.1 Å². The molecule has 2 unspecified atom stereocenters. The summed E-state index contributed by atoms with van der Waals surface area (Å²) < 4.78 is 13.0. The van der Waals surface area contributed by atoms with Crippen molar-refractivity contribution in [2.75, 3.05) is 6.61 Å². The van der Waals surface area contributed by atoms with E-state index >= 15 is 0 Å². The fourth-order valence-electron chi connectivity index (χ4n) is 2.69. The molecule has 0 saturated carbocycles. The molecule has 0 N–H and O–H groups in total. The van der Waals surface area contributed by atoms with Crippen molar-refractivity contribution in [2.24, 2.45) is 5.18 Å². The Kier molecular flexibility index (Phi) is 4.84. The lowest BCUT2D eigenvalue weighted by Gasteiger charge is -2.24. The summed E-state index contributed by atoms with van der Waals surface area (Å²) in [5.74, 6) is -0.539. The molecule has 0 aliphatic carbocycles. The Labute approximate surface area is 150 Å². The van der Waals surface area contributed by atoms with Crippen molar-refractivity contribution in [3.63, 3.8) is 0 Å². The van der Waals surface area contributed by atoms with Crippen LogP contribution in [0.15, 0.2) is 50.0 Å². The molecule has 0 spiro atoms. The van der Waals surface area contributed by atoms with Crippen LogP contribution in [0.1, 0.15) is 44.9 Å². The summed E-state index contributed by atoms with van der Waals surface area (Å²) in [5, 5.41) is 5.20. The predicted molar refractivity (Wildman–Crippen MR) is 97.6 cm³/mol. The van der Waals surface area contributed by atoms with E-state index in [0.29, 0.717) is 6.61 Å². The quantitative estimate of drug-likeness (QED) is 0.637. The van der Waals surface area contributed by atoms with Gasteiger partial charge in [-0.2, -0.15) is 4.91 Å². The summed E-state index contributed by atoms with van der Waals surface area (Å²) in [4.78, 5) is 11.7. The van der Waals surface area contributed by atoms with E-state index in [1.165, 1.54) is 4.21 Å². The molecule has 0 amide bonds. The molecule has 1 aliphatic heterocycles. The van der Waals surface area contributed by atoms with E-state index in [0.717, 1.165) is 16.0 Å². The van der Waals surface area contributed by atoms with Gasteiger partial charge in [0.05, 0.1) is 10.8 Å². The standard InChI is InChI=1S/C18H21NO3S2/c1-12(19-20)13-5-7-15(8-6-13)24-16-9-14(10-23-16)18(4)11-21-17(2,3)22-18/h5-10,12H,11H2,1-4H3. The number of hydrogen-bond donors (Lipinski definition) is 0. The number of nitroso groups, excluding NO2 is 1. The number of nitrogens with zero attached hydrogens (tertiary/aromatic N) is 1. The van der Waals surface area contributed by atoms with Crippen LogP contribution in [0.5, 0.6) is 0 Å². The molecule has 0 bridgehead atoms. The summed E-state index contributed by atoms with van der Waals surface area (Å²) in [6.45, 7) is 8.31. The van der Waals surface area contributed by atoms with E-state index in [4.69, 9.17) is 9.47 Å². The van der Waals surface area contributed by atoms with Crippen molar-refractivity contribution in [1.29, 1.82) is 0 Å². The molecule has 24 heavy (non-hydrogen) atoms. The molecule has 6 heteroatoms. The van der Waals surface area contributed by atoms with Crippen LogP contribution in [0, 0.1) is 4.91 Å². The summed E-state index contributed by atoms with van der Waals surface area (Å²) >= 11 is 3.41. The van der Waals surface area contributed by atoms with Gasteiger partial charge in [0.1, 0.15) is 11.6 Å². The van der Waals surface area contributed by atoms with Gasteiger partial charge in [0.2, 0.25) is 0 Å². The van der Waals surface area contributed by atoms with Gasteiger partial charge in [-0.05, 0) is 62.4 Å². The normalized spacial score (nSPS) is 24.0. The average Bonchev–Trinajstić information content (AvgIpc) is 3.12. The Morgan fingerprint density at radius 2 is 1.96 bits per heavy atom. The number of hydrogen-bond acceptors (Lipinski definition) is 6. The molecule has 1 aromatic carbocycles. The van der Waals surface area contributed by atoms with Crippen molar-refractivity contribution >= 4 is 23.1 Å². The van der Waals surface area contributed by atoms with Gasteiger partial charge in [0, 0.05) is 4.90 Å². The number of ether oxygens (including phenoxy) is 2. The minimum Gasteiger partial charge on any atom is -0.347 e. The van der Waals surface area contributed by atoms with Crippen LogP contribution in [0.2, 0.25) is 0 Å². The summed E-state index contributed by atoms with van der Waals surface area (Å²) in [6.07, 6.45) is 0. The van der Waals surface area contributed by atoms with Gasteiger partial charge < -0.3 is 9.47 Å². The number of benzene rings is 1. The van der Waals surface area contributed by atoms with Crippen LogP contribution in [0.4, 0.5) is 0 Å². The minimum absolute atomic E-state index is 0.305. The topological polar surface area (TPSA) is 47.9 Å². The molecular weight excluding hydrogens is 342 g/mol. The van der Waals surface area contributed by atoms with E-state index in [2.05, 4.69) is 23.5 Å². The summed E-state index contributed by atoms with van der Waals surface area (Å²) in [6, 6.07) is 9.84. The lowest BCUT2D eigenvalue weighted by atomic mass is 10.0. The first-order valence-electron chi connectivity index (χ1n) is 7.85. The van der Waals surface area contributed by atoms with Crippen LogP contribution in [-0.4, -0.2) is 12.4 Å². The highest BCUT2D eigenvalue weighted by Gasteiger charge is 2.43. The van der Waals surface area contributed by atoms with Crippen LogP contribution in [0.3, 0.4) is 0 Å². The van der Waals surface area contributed by atoms with Gasteiger partial charge in [-0.1, -0.05) is 29.1 Å². The Balaban J connectivity index is 1.71. The second-order valence-electron chi connectivity index (χ2n) is 6.63. The molecule has 4 nitrogen and oxygen atoms in total. The molecule has 1 fully saturated rings. The zero-order chi connectivity index (χ0) is 17.4. The zero-order valence-corrected chi connectivity index (χ0v) is 15.9. The molecule has 3 rings (SSSR count). The highest BCUT2D eigenvalue weighted by atomic mass is 32.2. The smallest absolute Gasteiger partial charge is 0.164 e. The fraction of sp³-hybridized carbons (Fsp3) is 0.444. The predicted octanol–water partition coefficient (Wildman–Crippen LogP) is 5.72. The van der Waals surface area contributed by atoms with Crippen molar-refractivity contribution in [3.05, 3.63) is 51.7 Å². The fourth-order valence-corrected chi connectivity index (χ4v) is 4.77. The maximum atomic E-state index is 10.6. The molecular formula is C18H21NO3S2. The monoisotopic (exact) mass is 363 g/mol. The molecule has 2 aromatic rings. The van der Waals surface area contributed by atoms with Gasteiger partial charge in [-0.15, -0.1) is 11.3 Å². The molecule has 1 saturated heterocycles. The van der Waals surface area contributed by atoms with E-state index in [1.807, 2.05) is 38.1 Å². The lowest BCUT2D eigenvalue weighted by molar-refractivity contribution is -0.159. The molecule has 1 aromatic heterocycles. The van der Waals surface area contributed by atoms with Gasteiger partial charge in [0.15, 0.2) is 5.79 Å². The first kappa shape index (κ1) is 17.6. The van der Waals surface area contributed by atoms with E-state index < -0.39 is 11.4 Å². The Morgan fingerprint density at radius 3 is 2.54 bits per heavy atom. The Bertz CT molecular complexity index is 726. The summed E-state index contributed by atoms with van der Waals surface area (Å²) in [5.41, 5.74) is 1.69. The number of thiophene rings is 1. The minimum atomic E-state index is -0.539. The first-order chi connectivity index (χ1) is 11.3. The molecule has 0 radical (unpaired) electrons. The van der Waals surface area contributed by atoms with E-state index in [1.54, 1.807) is 30.0 Å². The van der Waals surface area contributed by atoms with Crippen molar-refractivity contribution in [3.8, 4) is 0 Å². The second kappa shape index (κ2) is 6.59. The van der Waals surface area contributed by atoms with Crippen LogP contribution in [-0.2, 0) is 15.1 Å².